The number of benzene rings is 2. The summed E-state index contributed by atoms with van der Waals surface area (Å²) in [6.07, 6.45) is 0. The number of aromatic nitrogens is 1. The lowest BCUT2D eigenvalue weighted by Crippen LogP contribution is -1.86. The summed E-state index contributed by atoms with van der Waals surface area (Å²) < 4.78 is 0. The van der Waals surface area contributed by atoms with Crippen LogP contribution in [0.4, 0.5) is 0 Å². The Hall–Kier alpha value is -2.64. The summed E-state index contributed by atoms with van der Waals surface area (Å²) in [4.78, 5) is 4.90. The molecule has 0 spiro atoms. The van der Waals surface area contributed by atoms with Crippen molar-refractivity contribution in [3.05, 3.63) is 59.0 Å². The maximum Gasteiger partial charge on any atom is 0.225 e. The third kappa shape index (κ3) is 2.51. The molecule has 4 heteroatoms. The smallest absolute Gasteiger partial charge is 0.225 e. The van der Waals surface area contributed by atoms with Crippen molar-refractivity contribution in [1.29, 1.82) is 5.26 Å². The molecule has 0 atom stereocenters. The Morgan fingerprint density at radius 1 is 1.10 bits per heavy atom. The van der Waals surface area contributed by atoms with Crippen LogP contribution in [0.2, 0.25) is 0 Å². The molecule has 0 saturated heterocycles. The van der Waals surface area contributed by atoms with Gasteiger partial charge in [-0.3, -0.25) is 0 Å². The van der Waals surface area contributed by atoms with Crippen molar-refractivity contribution in [1.82, 2.24) is 4.98 Å². The second-order valence-electron chi connectivity index (χ2n) is 4.64. The molecule has 0 aliphatic rings. The van der Waals surface area contributed by atoms with Gasteiger partial charge in [0.15, 0.2) is 0 Å². The Bertz CT molecular complexity index is 812. The number of hydrogen-bond acceptors (Lipinski definition) is 4. The number of rotatable bonds is 2. The Morgan fingerprint density at radius 3 is 2.48 bits per heavy atom. The van der Waals surface area contributed by atoms with Gasteiger partial charge in [-0.25, -0.2) is 4.98 Å². The third-order valence-corrected chi connectivity index (χ3v) is 4.25. The first-order valence-corrected chi connectivity index (χ1v) is 7.27. The summed E-state index contributed by atoms with van der Waals surface area (Å²) in [6, 6.07) is 17.7. The van der Waals surface area contributed by atoms with Crippen LogP contribution < -0.4 is 0 Å². The largest absolute Gasteiger partial charge is 0.492 e. The van der Waals surface area contributed by atoms with Gasteiger partial charge in [-0.15, -0.1) is 11.3 Å². The molecule has 3 nitrogen and oxygen atoms in total. The Balaban J connectivity index is 2.10. The van der Waals surface area contributed by atoms with Crippen molar-refractivity contribution in [2.75, 3.05) is 0 Å². The lowest BCUT2D eigenvalue weighted by atomic mass is 9.98. The normalized spacial score (nSPS) is 10.3. The molecule has 0 bridgehead atoms. The van der Waals surface area contributed by atoms with E-state index in [1.54, 1.807) is 0 Å². The van der Waals surface area contributed by atoms with E-state index in [9.17, 15) is 10.4 Å². The zero-order valence-corrected chi connectivity index (χ0v) is 12.2. The molecule has 0 aliphatic heterocycles. The number of hydrogen-bond donors (Lipinski definition) is 1. The van der Waals surface area contributed by atoms with Gasteiger partial charge in [0, 0.05) is 5.56 Å². The van der Waals surface area contributed by atoms with E-state index in [1.807, 2.05) is 55.5 Å². The van der Waals surface area contributed by atoms with Crippen molar-refractivity contribution >= 4 is 11.3 Å². The van der Waals surface area contributed by atoms with Crippen molar-refractivity contribution in [3.63, 3.8) is 0 Å². The zero-order valence-electron chi connectivity index (χ0n) is 11.4. The van der Waals surface area contributed by atoms with Crippen LogP contribution in [-0.2, 0) is 0 Å². The van der Waals surface area contributed by atoms with Gasteiger partial charge in [0.25, 0.3) is 0 Å². The van der Waals surface area contributed by atoms with E-state index in [0.29, 0.717) is 5.56 Å². The van der Waals surface area contributed by atoms with Gasteiger partial charge >= 0.3 is 0 Å². The standard InChI is InChI=1S/C17H12N2OS/c1-11-16(20)19-17(21-11)13-7-8-15(14(9-13)10-18)12-5-3-2-4-6-12/h2-9,20H,1H3. The SMILES string of the molecule is Cc1sc(-c2ccc(-c3ccccc3)c(C#N)c2)nc1O. The third-order valence-electron chi connectivity index (χ3n) is 3.24. The minimum atomic E-state index is 0.0562. The Kier molecular flexibility index (Phi) is 3.43. The number of aryl methyl sites for hydroxylation is 1. The quantitative estimate of drug-likeness (QED) is 0.763. The highest BCUT2D eigenvalue weighted by molar-refractivity contribution is 7.15. The summed E-state index contributed by atoms with van der Waals surface area (Å²) >= 11 is 1.42. The fraction of sp³-hybridized carbons (Fsp3) is 0.0588. The van der Waals surface area contributed by atoms with Crippen LogP contribution in [0.25, 0.3) is 21.7 Å². The second kappa shape index (κ2) is 5.39. The van der Waals surface area contributed by atoms with E-state index in [4.69, 9.17) is 0 Å². The summed E-state index contributed by atoms with van der Waals surface area (Å²) in [5, 5.41) is 19.7. The van der Waals surface area contributed by atoms with Crippen LogP contribution in [-0.4, -0.2) is 10.1 Å². The monoisotopic (exact) mass is 292 g/mol. The Labute approximate surface area is 126 Å². The molecular formula is C17H12N2OS. The van der Waals surface area contributed by atoms with E-state index in [0.717, 1.165) is 26.6 Å². The topological polar surface area (TPSA) is 56.9 Å². The molecule has 21 heavy (non-hydrogen) atoms. The number of thiazole rings is 1. The maximum atomic E-state index is 9.59. The number of nitrogens with zero attached hydrogens (tertiary/aromatic N) is 2. The van der Waals surface area contributed by atoms with Gasteiger partial charge in [0.05, 0.1) is 16.5 Å². The first-order chi connectivity index (χ1) is 10.2. The van der Waals surface area contributed by atoms with Gasteiger partial charge in [0.2, 0.25) is 5.88 Å². The molecule has 0 saturated carbocycles. The molecule has 0 unspecified atom stereocenters. The second-order valence-corrected chi connectivity index (χ2v) is 5.84. The first kappa shape index (κ1) is 13.3. The summed E-state index contributed by atoms with van der Waals surface area (Å²) in [6.45, 7) is 1.82. The predicted molar refractivity (Wildman–Crippen MR) is 84.1 cm³/mol. The van der Waals surface area contributed by atoms with Crippen molar-refractivity contribution in [2.45, 2.75) is 6.92 Å². The highest BCUT2D eigenvalue weighted by Crippen LogP contribution is 2.33. The average Bonchev–Trinajstić information content (AvgIpc) is 2.87. The van der Waals surface area contributed by atoms with Gasteiger partial charge < -0.3 is 5.11 Å². The van der Waals surface area contributed by atoms with E-state index in [2.05, 4.69) is 11.1 Å². The van der Waals surface area contributed by atoms with Crippen LogP contribution in [0.3, 0.4) is 0 Å². The fourth-order valence-corrected chi connectivity index (χ4v) is 2.95. The molecule has 0 fully saturated rings. The summed E-state index contributed by atoms with van der Waals surface area (Å²) in [5.41, 5.74) is 3.36. The van der Waals surface area contributed by atoms with E-state index in [1.165, 1.54) is 11.3 Å². The average molecular weight is 292 g/mol. The van der Waals surface area contributed by atoms with Gasteiger partial charge in [0.1, 0.15) is 5.01 Å². The maximum absolute atomic E-state index is 9.59. The van der Waals surface area contributed by atoms with E-state index in [-0.39, 0.29) is 5.88 Å². The number of nitriles is 1. The lowest BCUT2D eigenvalue weighted by Gasteiger charge is -2.05. The lowest BCUT2D eigenvalue weighted by molar-refractivity contribution is 0.454. The fourth-order valence-electron chi connectivity index (χ4n) is 2.15. The molecule has 0 radical (unpaired) electrons. The van der Waals surface area contributed by atoms with Crippen LogP contribution >= 0.6 is 11.3 Å². The molecular weight excluding hydrogens is 280 g/mol. The minimum Gasteiger partial charge on any atom is -0.492 e. The highest BCUT2D eigenvalue weighted by Gasteiger charge is 2.11. The van der Waals surface area contributed by atoms with Crippen molar-refractivity contribution in [3.8, 4) is 33.6 Å². The summed E-state index contributed by atoms with van der Waals surface area (Å²) in [5.74, 6) is 0.0562. The highest BCUT2D eigenvalue weighted by atomic mass is 32.1. The molecule has 3 aromatic rings. The van der Waals surface area contributed by atoms with Gasteiger partial charge in [-0.1, -0.05) is 42.5 Å². The van der Waals surface area contributed by atoms with E-state index >= 15 is 0 Å². The van der Waals surface area contributed by atoms with Crippen molar-refractivity contribution in [2.24, 2.45) is 0 Å². The van der Waals surface area contributed by atoms with Crippen LogP contribution in [0.15, 0.2) is 48.5 Å². The molecule has 0 aliphatic carbocycles. The van der Waals surface area contributed by atoms with Gasteiger partial charge in [-0.2, -0.15) is 5.26 Å². The molecule has 2 aromatic carbocycles. The van der Waals surface area contributed by atoms with Crippen molar-refractivity contribution < 1.29 is 5.11 Å². The molecule has 1 N–H and O–H groups in total. The molecule has 3 rings (SSSR count). The van der Waals surface area contributed by atoms with Crippen LogP contribution in [0, 0.1) is 18.3 Å². The number of aromatic hydroxyl groups is 1. The molecule has 102 valence electrons. The summed E-state index contributed by atoms with van der Waals surface area (Å²) in [7, 11) is 0. The van der Waals surface area contributed by atoms with E-state index < -0.39 is 0 Å². The van der Waals surface area contributed by atoms with Gasteiger partial charge in [-0.05, 0) is 24.1 Å². The minimum absolute atomic E-state index is 0.0562. The Morgan fingerprint density at radius 2 is 1.86 bits per heavy atom. The predicted octanol–water partition coefficient (Wildman–Crippen LogP) is 4.36. The molecule has 1 aromatic heterocycles. The van der Waals surface area contributed by atoms with Crippen LogP contribution in [0.1, 0.15) is 10.4 Å². The molecule has 1 heterocycles. The first-order valence-electron chi connectivity index (χ1n) is 6.45. The molecule has 0 amide bonds. The van der Waals surface area contributed by atoms with Crippen LogP contribution in [0.5, 0.6) is 5.88 Å². The zero-order chi connectivity index (χ0) is 14.8.